The molecule has 1 N–H and O–H groups in total. The standard InChI is InChI=1S/C18H18FN3O2S/c1-22-12-11-20-18(22)17(15-5-3-2-4-6-15)21-25(23,24)13-14-7-9-16(19)10-8-14/h2-12,17,21H,13H2,1H3. The Morgan fingerprint density at radius 2 is 1.80 bits per heavy atom. The van der Waals surface area contributed by atoms with E-state index in [9.17, 15) is 12.8 Å². The normalized spacial score (nSPS) is 12.9. The first-order valence-corrected chi connectivity index (χ1v) is 9.36. The number of aromatic nitrogens is 2. The van der Waals surface area contributed by atoms with E-state index in [-0.39, 0.29) is 5.75 Å². The third-order valence-corrected chi connectivity index (χ3v) is 5.13. The number of sulfonamides is 1. The van der Waals surface area contributed by atoms with Crippen molar-refractivity contribution in [1.29, 1.82) is 0 Å². The zero-order valence-electron chi connectivity index (χ0n) is 13.6. The number of aryl methyl sites for hydroxylation is 1. The van der Waals surface area contributed by atoms with Gasteiger partial charge in [0.15, 0.2) is 0 Å². The second-order valence-electron chi connectivity index (χ2n) is 5.74. The van der Waals surface area contributed by atoms with Gasteiger partial charge in [0.25, 0.3) is 0 Å². The Morgan fingerprint density at radius 3 is 2.40 bits per heavy atom. The van der Waals surface area contributed by atoms with Crippen LogP contribution in [0.15, 0.2) is 67.0 Å². The molecule has 0 spiro atoms. The van der Waals surface area contributed by atoms with Crippen molar-refractivity contribution < 1.29 is 12.8 Å². The van der Waals surface area contributed by atoms with Crippen LogP contribution < -0.4 is 4.72 Å². The Hall–Kier alpha value is -2.51. The molecule has 0 radical (unpaired) electrons. The summed E-state index contributed by atoms with van der Waals surface area (Å²) in [5.74, 6) is -0.0423. The van der Waals surface area contributed by atoms with Gasteiger partial charge in [-0.15, -0.1) is 0 Å². The number of hydrogen-bond acceptors (Lipinski definition) is 3. The van der Waals surface area contributed by atoms with Crippen LogP contribution in [0, 0.1) is 5.82 Å². The smallest absolute Gasteiger partial charge is 0.216 e. The van der Waals surface area contributed by atoms with Crippen molar-refractivity contribution in [3.63, 3.8) is 0 Å². The predicted octanol–water partition coefficient (Wildman–Crippen LogP) is 2.77. The second kappa shape index (κ2) is 7.16. The molecule has 25 heavy (non-hydrogen) atoms. The van der Waals surface area contributed by atoms with Gasteiger partial charge in [0.05, 0.1) is 5.75 Å². The summed E-state index contributed by atoms with van der Waals surface area (Å²) in [7, 11) is -1.85. The van der Waals surface area contributed by atoms with Gasteiger partial charge in [-0.2, -0.15) is 4.72 Å². The number of hydrogen-bond donors (Lipinski definition) is 1. The molecular weight excluding hydrogens is 341 g/mol. The van der Waals surface area contributed by atoms with Crippen molar-refractivity contribution in [3.05, 3.63) is 89.8 Å². The predicted molar refractivity (Wildman–Crippen MR) is 93.7 cm³/mol. The van der Waals surface area contributed by atoms with Crippen LogP contribution in [0.3, 0.4) is 0 Å². The number of benzene rings is 2. The third-order valence-electron chi connectivity index (χ3n) is 3.82. The van der Waals surface area contributed by atoms with E-state index in [1.807, 2.05) is 37.4 Å². The molecule has 0 saturated heterocycles. The van der Waals surface area contributed by atoms with Crippen molar-refractivity contribution >= 4 is 10.0 Å². The van der Waals surface area contributed by atoms with Gasteiger partial charge in [0.1, 0.15) is 17.7 Å². The van der Waals surface area contributed by atoms with E-state index in [2.05, 4.69) is 9.71 Å². The minimum absolute atomic E-state index is 0.235. The van der Waals surface area contributed by atoms with Gasteiger partial charge in [0, 0.05) is 19.4 Å². The van der Waals surface area contributed by atoms with E-state index >= 15 is 0 Å². The van der Waals surface area contributed by atoms with Crippen molar-refractivity contribution in [2.75, 3.05) is 0 Å². The molecule has 0 amide bonds. The summed E-state index contributed by atoms with van der Waals surface area (Å²) in [6.45, 7) is 0. The number of halogens is 1. The first-order valence-electron chi connectivity index (χ1n) is 7.71. The molecule has 0 aliphatic heterocycles. The molecule has 2 aromatic carbocycles. The van der Waals surface area contributed by atoms with Crippen molar-refractivity contribution in [1.82, 2.24) is 14.3 Å². The SMILES string of the molecule is Cn1ccnc1C(NS(=O)(=O)Cc1ccc(F)cc1)c1ccccc1. The minimum Gasteiger partial charge on any atom is -0.336 e. The van der Waals surface area contributed by atoms with Gasteiger partial charge in [-0.05, 0) is 23.3 Å². The highest BCUT2D eigenvalue weighted by atomic mass is 32.2. The second-order valence-corrected chi connectivity index (χ2v) is 7.50. The number of nitrogens with zero attached hydrogens (tertiary/aromatic N) is 2. The molecule has 1 unspecified atom stereocenters. The summed E-state index contributed by atoms with van der Waals surface area (Å²) in [4.78, 5) is 4.28. The lowest BCUT2D eigenvalue weighted by atomic mass is 10.1. The quantitative estimate of drug-likeness (QED) is 0.736. The van der Waals surface area contributed by atoms with E-state index in [1.165, 1.54) is 24.3 Å². The highest BCUT2D eigenvalue weighted by molar-refractivity contribution is 7.88. The molecule has 1 atom stereocenters. The van der Waals surface area contributed by atoms with Crippen molar-refractivity contribution in [2.45, 2.75) is 11.8 Å². The fraction of sp³-hybridized carbons (Fsp3) is 0.167. The molecule has 1 aromatic heterocycles. The summed E-state index contributed by atoms with van der Waals surface area (Å²) >= 11 is 0. The molecule has 0 fully saturated rings. The summed E-state index contributed by atoms with van der Waals surface area (Å²) in [6.07, 6.45) is 3.39. The third kappa shape index (κ3) is 4.32. The maximum Gasteiger partial charge on any atom is 0.216 e. The monoisotopic (exact) mass is 359 g/mol. The van der Waals surface area contributed by atoms with Crippen molar-refractivity contribution in [3.8, 4) is 0 Å². The lowest BCUT2D eigenvalue weighted by Gasteiger charge is -2.19. The van der Waals surface area contributed by atoms with Crippen LogP contribution in [0.25, 0.3) is 0 Å². The van der Waals surface area contributed by atoms with Gasteiger partial charge in [-0.25, -0.2) is 17.8 Å². The Labute approximate surface area is 146 Å². The van der Waals surface area contributed by atoms with Crippen molar-refractivity contribution in [2.24, 2.45) is 7.05 Å². The van der Waals surface area contributed by atoms with Gasteiger partial charge in [-0.1, -0.05) is 42.5 Å². The van der Waals surface area contributed by atoms with Crippen LogP contribution in [0.2, 0.25) is 0 Å². The molecule has 1 heterocycles. The van der Waals surface area contributed by atoms with Gasteiger partial charge < -0.3 is 4.57 Å². The first kappa shape index (κ1) is 17.3. The average Bonchev–Trinajstić information content (AvgIpc) is 3.01. The minimum atomic E-state index is -3.66. The van der Waals surface area contributed by atoms with E-state index in [0.29, 0.717) is 11.4 Å². The number of rotatable bonds is 6. The van der Waals surface area contributed by atoms with Gasteiger partial charge in [0.2, 0.25) is 10.0 Å². The summed E-state index contributed by atoms with van der Waals surface area (Å²) < 4.78 is 42.8. The van der Waals surface area contributed by atoms with E-state index in [4.69, 9.17) is 0 Å². The van der Waals surface area contributed by atoms with E-state index < -0.39 is 21.9 Å². The maximum atomic E-state index is 13.0. The number of nitrogens with one attached hydrogen (secondary N) is 1. The van der Waals surface area contributed by atoms with Crippen LogP contribution in [0.5, 0.6) is 0 Å². The van der Waals surface area contributed by atoms with Crippen LogP contribution in [0.1, 0.15) is 23.0 Å². The molecule has 5 nitrogen and oxygen atoms in total. The topological polar surface area (TPSA) is 64.0 Å². The Morgan fingerprint density at radius 1 is 1.12 bits per heavy atom. The average molecular weight is 359 g/mol. The van der Waals surface area contributed by atoms with Gasteiger partial charge in [-0.3, -0.25) is 0 Å². The molecule has 0 aliphatic rings. The van der Waals surface area contributed by atoms with E-state index in [1.54, 1.807) is 17.0 Å². The van der Waals surface area contributed by atoms with E-state index in [0.717, 1.165) is 5.56 Å². The van der Waals surface area contributed by atoms with Crippen LogP contribution in [-0.2, 0) is 22.8 Å². The first-order chi connectivity index (χ1) is 11.9. The molecule has 7 heteroatoms. The van der Waals surface area contributed by atoms with Gasteiger partial charge >= 0.3 is 0 Å². The zero-order chi connectivity index (χ0) is 17.9. The fourth-order valence-electron chi connectivity index (χ4n) is 2.59. The fourth-order valence-corrected chi connectivity index (χ4v) is 3.91. The largest absolute Gasteiger partial charge is 0.336 e. The molecule has 3 rings (SSSR count). The maximum absolute atomic E-state index is 13.0. The summed E-state index contributed by atoms with van der Waals surface area (Å²) in [5, 5.41) is 0. The summed E-state index contributed by atoms with van der Waals surface area (Å²) in [5.41, 5.74) is 1.31. The lowest BCUT2D eigenvalue weighted by Crippen LogP contribution is -2.32. The Bertz CT molecular complexity index is 938. The Kier molecular flexibility index (Phi) is 4.96. The molecule has 0 saturated carbocycles. The summed E-state index contributed by atoms with van der Waals surface area (Å²) in [6, 6.07) is 14.1. The Balaban J connectivity index is 1.89. The van der Waals surface area contributed by atoms with Crippen LogP contribution in [-0.4, -0.2) is 18.0 Å². The van der Waals surface area contributed by atoms with Crippen LogP contribution in [0.4, 0.5) is 4.39 Å². The molecular formula is C18H18FN3O2S. The number of imidazole rings is 1. The zero-order valence-corrected chi connectivity index (χ0v) is 14.4. The highest BCUT2D eigenvalue weighted by Gasteiger charge is 2.24. The molecule has 0 aliphatic carbocycles. The molecule has 0 bridgehead atoms. The lowest BCUT2D eigenvalue weighted by molar-refractivity contribution is 0.562. The molecule has 130 valence electrons. The van der Waals surface area contributed by atoms with Crippen LogP contribution >= 0.6 is 0 Å². The highest BCUT2D eigenvalue weighted by Crippen LogP contribution is 2.22. The molecule has 3 aromatic rings.